The van der Waals surface area contributed by atoms with Gasteiger partial charge in [0, 0.05) is 50.6 Å². The highest BCUT2D eigenvalue weighted by Crippen LogP contribution is 2.22. The van der Waals surface area contributed by atoms with E-state index in [1.807, 2.05) is 24.3 Å². The molecule has 0 aromatic heterocycles. The highest BCUT2D eigenvalue weighted by Gasteiger charge is 2.25. The first-order chi connectivity index (χ1) is 13.6. The first-order valence-corrected chi connectivity index (χ1v) is 9.91. The summed E-state index contributed by atoms with van der Waals surface area (Å²) in [6.07, 6.45) is 1.88. The number of hydrogen-bond acceptors (Lipinski definition) is 5. The molecule has 1 N–H and O–H groups in total. The van der Waals surface area contributed by atoms with Crippen LogP contribution < -0.4 is 10.2 Å². The Morgan fingerprint density at radius 2 is 1.54 bits per heavy atom. The number of rotatable bonds is 5. The summed E-state index contributed by atoms with van der Waals surface area (Å²) in [5.41, 5.74) is 1.85. The number of carbonyl (C=O) groups excluding carboxylic acids is 3. The number of piperazine rings is 1. The average Bonchev–Trinajstić information content (AvgIpc) is 3.23. The van der Waals surface area contributed by atoms with Crippen LogP contribution in [0.3, 0.4) is 0 Å². The van der Waals surface area contributed by atoms with Crippen molar-refractivity contribution < 1.29 is 19.1 Å². The molecule has 2 heterocycles. The van der Waals surface area contributed by atoms with Crippen molar-refractivity contribution in [3.05, 3.63) is 24.3 Å². The molecule has 2 fully saturated rings. The average molecular weight is 388 g/mol. The van der Waals surface area contributed by atoms with E-state index in [0.717, 1.165) is 18.8 Å². The molecule has 152 valence electrons. The molecule has 0 unspecified atom stereocenters. The number of benzene rings is 1. The summed E-state index contributed by atoms with van der Waals surface area (Å²) in [6.45, 7) is 5.90. The van der Waals surface area contributed by atoms with Crippen molar-refractivity contribution in [1.29, 1.82) is 0 Å². The van der Waals surface area contributed by atoms with Crippen molar-refractivity contribution in [3.63, 3.8) is 0 Å². The largest absolute Gasteiger partial charge is 0.450 e. The molecular formula is C20H28N4O4. The highest BCUT2D eigenvalue weighted by atomic mass is 16.6. The minimum atomic E-state index is -0.357. The van der Waals surface area contributed by atoms with Crippen LogP contribution in [0.2, 0.25) is 0 Å². The summed E-state index contributed by atoms with van der Waals surface area (Å²) in [4.78, 5) is 41.8. The Balaban J connectivity index is 1.43. The van der Waals surface area contributed by atoms with Gasteiger partial charge in [0.05, 0.1) is 6.61 Å². The molecule has 0 atom stereocenters. The van der Waals surface area contributed by atoms with Crippen LogP contribution in [0.15, 0.2) is 24.3 Å². The van der Waals surface area contributed by atoms with Crippen LogP contribution in [0.1, 0.15) is 26.2 Å². The number of anilines is 2. The standard InChI is InChI=1S/C20H28N4O4/c1-2-28-20(27)24-13-11-23(12-14-24)19(26)15-18(25)21-16-5-7-17(8-6-16)22-9-3-4-10-22/h5-8H,2-4,9-15H2,1H3,(H,21,25). The zero-order valence-corrected chi connectivity index (χ0v) is 16.4. The summed E-state index contributed by atoms with van der Waals surface area (Å²) in [6, 6.07) is 7.73. The van der Waals surface area contributed by atoms with E-state index in [1.54, 1.807) is 16.7 Å². The fourth-order valence-corrected chi connectivity index (χ4v) is 3.54. The van der Waals surface area contributed by atoms with Gasteiger partial charge in [0.15, 0.2) is 0 Å². The van der Waals surface area contributed by atoms with Crippen molar-refractivity contribution in [1.82, 2.24) is 9.80 Å². The Hall–Kier alpha value is -2.77. The Kier molecular flexibility index (Phi) is 6.73. The minimum Gasteiger partial charge on any atom is -0.450 e. The van der Waals surface area contributed by atoms with E-state index in [-0.39, 0.29) is 24.3 Å². The smallest absolute Gasteiger partial charge is 0.409 e. The number of carbonyl (C=O) groups is 3. The maximum atomic E-state index is 12.4. The predicted molar refractivity (Wildman–Crippen MR) is 106 cm³/mol. The van der Waals surface area contributed by atoms with Crippen LogP contribution in [-0.4, -0.2) is 73.6 Å². The van der Waals surface area contributed by atoms with Gasteiger partial charge in [-0.1, -0.05) is 0 Å². The van der Waals surface area contributed by atoms with Crippen LogP contribution >= 0.6 is 0 Å². The maximum Gasteiger partial charge on any atom is 0.409 e. The molecule has 0 aliphatic carbocycles. The molecule has 8 nitrogen and oxygen atoms in total. The molecule has 0 spiro atoms. The van der Waals surface area contributed by atoms with Crippen LogP contribution in [0.4, 0.5) is 16.2 Å². The monoisotopic (exact) mass is 388 g/mol. The van der Waals surface area contributed by atoms with E-state index in [2.05, 4.69) is 10.2 Å². The lowest BCUT2D eigenvalue weighted by atomic mass is 10.2. The van der Waals surface area contributed by atoms with Gasteiger partial charge in [-0.25, -0.2) is 4.79 Å². The first-order valence-electron chi connectivity index (χ1n) is 9.91. The molecular weight excluding hydrogens is 360 g/mol. The van der Waals surface area contributed by atoms with Gasteiger partial charge >= 0.3 is 6.09 Å². The van der Waals surface area contributed by atoms with E-state index >= 15 is 0 Å². The van der Waals surface area contributed by atoms with Crippen LogP contribution in [0.25, 0.3) is 0 Å². The maximum absolute atomic E-state index is 12.4. The van der Waals surface area contributed by atoms with Crippen LogP contribution in [-0.2, 0) is 14.3 Å². The molecule has 2 aliphatic rings. The lowest BCUT2D eigenvalue weighted by Crippen LogP contribution is -2.51. The van der Waals surface area contributed by atoms with Gasteiger partial charge in [0.2, 0.25) is 11.8 Å². The van der Waals surface area contributed by atoms with Gasteiger partial charge in [-0.05, 0) is 44.0 Å². The second kappa shape index (κ2) is 9.43. The summed E-state index contributed by atoms with van der Waals surface area (Å²) < 4.78 is 4.97. The molecule has 2 saturated heterocycles. The highest BCUT2D eigenvalue weighted by molar-refractivity contribution is 6.03. The van der Waals surface area contributed by atoms with Crippen molar-refractivity contribution in [2.24, 2.45) is 0 Å². The van der Waals surface area contributed by atoms with Gasteiger partial charge in [0.1, 0.15) is 6.42 Å². The number of ether oxygens (including phenoxy) is 1. The molecule has 0 radical (unpaired) electrons. The quantitative estimate of drug-likeness (QED) is 0.780. The van der Waals surface area contributed by atoms with Gasteiger partial charge < -0.3 is 24.8 Å². The van der Waals surface area contributed by atoms with E-state index in [1.165, 1.54) is 12.8 Å². The van der Waals surface area contributed by atoms with Crippen molar-refractivity contribution >= 4 is 29.3 Å². The Bertz CT molecular complexity index is 693. The number of nitrogens with one attached hydrogen (secondary N) is 1. The Morgan fingerprint density at radius 1 is 0.929 bits per heavy atom. The van der Waals surface area contributed by atoms with Crippen LogP contribution in [0.5, 0.6) is 0 Å². The zero-order chi connectivity index (χ0) is 19.9. The third-order valence-corrected chi connectivity index (χ3v) is 5.09. The van der Waals surface area contributed by atoms with Gasteiger partial charge in [-0.3, -0.25) is 9.59 Å². The molecule has 1 aromatic rings. The van der Waals surface area contributed by atoms with Crippen molar-refractivity contribution in [2.75, 3.05) is 56.1 Å². The molecule has 3 amide bonds. The third-order valence-electron chi connectivity index (χ3n) is 5.09. The number of hydrogen-bond donors (Lipinski definition) is 1. The molecule has 8 heteroatoms. The van der Waals surface area contributed by atoms with E-state index in [0.29, 0.717) is 38.5 Å². The van der Waals surface area contributed by atoms with Gasteiger partial charge in [-0.2, -0.15) is 0 Å². The molecule has 2 aliphatic heterocycles. The molecule has 1 aromatic carbocycles. The molecule has 3 rings (SSSR count). The Labute approximate surface area is 165 Å². The summed E-state index contributed by atoms with van der Waals surface area (Å²) in [7, 11) is 0. The summed E-state index contributed by atoms with van der Waals surface area (Å²) in [5.74, 6) is -0.554. The molecule has 28 heavy (non-hydrogen) atoms. The third kappa shape index (κ3) is 5.15. The normalized spacial score (nSPS) is 16.8. The topological polar surface area (TPSA) is 82.2 Å². The number of nitrogens with zero attached hydrogens (tertiary/aromatic N) is 3. The molecule has 0 bridgehead atoms. The lowest BCUT2D eigenvalue weighted by molar-refractivity contribution is -0.135. The number of amides is 3. The van der Waals surface area contributed by atoms with Crippen molar-refractivity contribution in [3.8, 4) is 0 Å². The van der Waals surface area contributed by atoms with Gasteiger partial charge in [0.25, 0.3) is 0 Å². The van der Waals surface area contributed by atoms with Crippen LogP contribution in [0, 0.1) is 0 Å². The van der Waals surface area contributed by atoms with Crippen molar-refractivity contribution in [2.45, 2.75) is 26.2 Å². The lowest BCUT2D eigenvalue weighted by Gasteiger charge is -2.34. The Morgan fingerprint density at radius 3 is 2.14 bits per heavy atom. The van der Waals surface area contributed by atoms with E-state index in [4.69, 9.17) is 4.74 Å². The summed E-state index contributed by atoms with van der Waals surface area (Å²) in [5, 5.41) is 2.78. The zero-order valence-electron chi connectivity index (χ0n) is 16.4. The fourth-order valence-electron chi connectivity index (χ4n) is 3.54. The fraction of sp³-hybridized carbons (Fsp3) is 0.550. The van der Waals surface area contributed by atoms with E-state index < -0.39 is 0 Å². The second-order valence-corrected chi connectivity index (χ2v) is 7.03. The minimum absolute atomic E-state index is 0.201. The SMILES string of the molecule is CCOC(=O)N1CCN(C(=O)CC(=O)Nc2ccc(N3CCCC3)cc2)CC1. The van der Waals surface area contributed by atoms with Gasteiger partial charge in [-0.15, -0.1) is 0 Å². The molecule has 0 saturated carbocycles. The first kappa shape index (κ1) is 20.0. The van der Waals surface area contributed by atoms with E-state index in [9.17, 15) is 14.4 Å². The summed E-state index contributed by atoms with van der Waals surface area (Å²) >= 11 is 0. The second-order valence-electron chi connectivity index (χ2n) is 7.03. The predicted octanol–water partition coefficient (Wildman–Crippen LogP) is 1.92.